The molecule has 0 radical (unpaired) electrons. The molecule has 3 heterocycles. The van der Waals surface area contributed by atoms with Crippen molar-refractivity contribution in [3.05, 3.63) is 12.5 Å². The highest BCUT2D eigenvalue weighted by Gasteiger charge is 2.46. The van der Waals surface area contributed by atoms with E-state index in [1.165, 1.54) is 12.7 Å². The van der Waals surface area contributed by atoms with Crippen molar-refractivity contribution in [2.24, 2.45) is 13.0 Å². The minimum atomic E-state index is -3.62. The van der Waals surface area contributed by atoms with Crippen molar-refractivity contribution in [3.63, 3.8) is 0 Å². The monoisotopic (exact) mass is 400 g/mol. The van der Waals surface area contributed by atoms with Gasteiger partial charge in [0.25, 0.3) is 10.0 Å². The second-order valence-corrected chi connectivity index (χ2v) is 9.47. The van der Waals surface area contributed by atoms with E-state index in [1.807, 2.05) is 0 Å². The van der Waals surface area contributed by atoms with Gasteiger partial charge in [-0.05, 0) is 26.4 Å². The molecule has 0 bridgehead atoms. The maximum absolute atomic E-state index is 13.1. The van der Waals surface area contributed by atoms with Crippen LogP contribution in [0, 0.1) is 5.92 Å². The minimum absolute atomic E-state index is 0.00425. The Morgan fingerprint density at radius 1 is 1.26 bits per heavy atom. The van der Waals surface area contributed by atoms with Gasteiger partial charge in [0.2, 0.25) is 0 Å². The molecule has 154 valence electrons. The van der Waals surface area contributed by atoms with Gasteiger partial charge < -0.3 is 18.9 Å². The van der Waals surface area contributed by atoms with Crippen LogP contribution in [0.2, 0.25) is 0 Å². The highest BCUT2D eigenvalue weighted by molar-refractivity contribution is 7.89. The smallest absolute Gasteiger partial charge is 0.262 e. The number of sulfonamides is 1. The number of hydrogen-bond acceptors (Lipinski definition) is 6. The Bertz CT molecular complexity index is 702. The molecule has 3 rings (SSSR count). The summed E-state index contributed by atoms with van der Waals surface area (Å²) in [6, 6.07) is 0.0726. The Balaban J connectivity index is 1.77. The third-order valence-electron chi connectivity index (χ3n) is 5.47. The summed E-state index contributed by atoms with van der Waals surface area (Å²) in [5, 5.41) is 0.100. The molecule has 9 heteroatoms. The molecule has 2 saturated heterocycles. The van der Waals surface area contributed by atoms with E-state index in [0.717, 1.165) is 25.8 Å². The molecule has 0 aliphatic carbocycles. The number of aromatic nitrogens is 2. The van der Waals surface area contributed by atoms with Gasteiger partial charge in [-0.1, -0.05) is 19.8 Å². The standard InChI is InChI=1S/C18H32N4O4S/c1-4-5-6-8-21(3)16-12-22(11-15(16)18-25-9-7-10-26-18)27(23,24)17-13-20(2)14-19-17/h13-16,18H,4-12H2,1-3H3/t15-,16-/m0/s1. The zero-order chi connectivity index (χ0) is 19.4. The lowest BCUT2D eigenvalue weighted by Crippen LogP contribution is -2.45. The summed E-state index contributed by atoms with van der Waals surface area (Å²) in [6.45, 7) is 5.30. The molecule has 1 aromatic heterocycles. The summed E-state index contributed by atoms with van der Waals surface area (Å²) in [7, 11) is 0.230. The van der Waals surface area contributed by atoms with E-state index in [4.69, 9.17) is 9.47 Å². The van der Waals surface area contributed by atoms with Crippen molar-refractivity contribution in [2.45, 2.75) is 50.0 Å². The van der Waals surface area contributed by atoms with E-state index in [2.05, 4.69) is 23.9 Å². The molecule has 27 heavy (non-hydrogen) atoms. The number of ether oxygens (including phenoxy) is 2. The third kappa shape index (κ3) is 4.71. The lowest BCUT2D eigenvalue weighted by molar-refractivity contribution is -0.208. The van der Waals surface area contributed by atoms with Crippen molar-refractivity contribution < 1.29 is 17.9 Å². The second kappa shape index (κ2) is 9.00. The van der Waals surface area contributed by atoms with Crippen LogP contribution >= 0.6 is 0 Å². The fraction of sp³-hybridized carbons (Fsp3) is 0.833. The van der Waals surface area contributed by atoms with E-state index in [9.17, 15) is 8.42 Å². The lowest BCUT2D eigenvalue weighted by atomic mass is 10.0. The minimum Gasteiger partial charge on any atom is -0.352 e. The average Bonchev–Trinajstić information content (AvgIpc) is 3.30. The highest BCUT2D eigenvalue weighted by atomic mass is 32.2. The first-order valence-electron chi connectivity index (χ1n) is 9.85. The number of aryl methyl sites for hydroxylation is 1. The molecule has 0 amide bonds. The van der Waals surface area contributed by atoms with Crippen LogP contribution in [0.15, 0.2) is 17.6 Å². The molecule has 0 unspecified atom stereocenters. The van der Waals surface area contributed by atoms with Gasteiger partial charge in [0, 0.05) is 38.3 Å². The lowest BCUT2D eigenvalue weighted by Gasteiger charge is -2.35. The summed E-state index contributed by atoms with van der Waals surface area (Å²) in [5.74, 6) is -0.00425. The van der Waals surface area contributed by atoms with Gasteiger partial charge in [-0.25, -0.2) is 13.4 Å². The van der Waals surface area contributed by atoms with E-state index in [-0.39, 0.29) is 23.3 Å². The van der Waals surface area contributed by atoms with Gasteiger partial charge in [0.05, 0.1) is 19.5 Å². The fourth-order valence-corrected chi connectivity index (χ4v) is 5.35. The van der Waals surface area contributed by atoms with Gasteiger partial charge in [-0.2, -0.15) is 4.31 Å². The molecule has 0 saturated carbocycles. The van der Waals surface area contributed by atoms with Crippen LogP contribution in [0.1, 0.15) is 32.6 Å². The molecule has 1 aromatic rings. The predicted octanol–water partition coefficient (Wildman–Crippen LogP) is 1.29. The maximum Gasteiger partial charge on any atom is 0.262 e. The van der Waals surface area contributed by atoms with E-state index >= 15 is 0 Å². The Morgan fingerprint density at radius 3 is 2.63 bits per heavy atom. The fourth-order valence-electron chi connectivity index (χ4n) is 3.89. The van der Waals surface area contributed by atoms with Crippen molar-refractivity contribution in [3.8, 4) is 0 Å². The van der Waals surface area contributed by atoms with Gasteiger partial charge in [-0.3, -0.25) is 0 Å². The number of nitrogens with zero attached hydrogens (tertiary/aromatic N) is 4. The van der Waals surface area contributed by atoms with Crippen molar-refractivity contribution in [1.82, 2.24) is 18.8 Å². The zero-order valence-corrected chi connectivity index (χ0v) is 17.4. The summed E-state index contributed by atoms with van der Waals surface area (Å²) in [4.78, 5) is 6.33. The van der Waals surface area contributed by atoms with E-state index < -0.39 is 10.0 Å². The largest absolute Gasteiger partial charge is 0.352 e. The third-order valence-corrected chi connectivity index (χ3v) is 7.19. The van der Waals surface area contributed by atoms with E-state index in [1.54, 1.807) is 22.1 Å². The number of rotatable bonds is 8. The van der Waals surface area contributed by atoms with Crippen LogP contribution < -0.4 is 0 Å². The van der Waals surface area contributed by atoms with Crippen LogP contribution in [-0.4, -0.2) is 79.4 Å². The molecule has 0 spiro atoms. The Kier molecular flexibility index (Phi) is 6.91. The number of hydrogen-bond donors (Lipinski definition) is 0. The maximum atomic E-state index is 13.1. The molecule has 2 aliphatic heterocycles. The van der Waals surface area contributed by atoms with Crippen LogP contribution in [0.3, 0.4) is 0 Å². The molecular formula is C18H32N4O4S. The highest BCUT2D eigenvalue weighted by Crippen LogP contribution is 2.31. The summed E-state index contributed by atoms with van der Waals surface area (Å²) >= 11 is 0. The molecule has 0 N–H and O–H groups in total. The zero-order valence-electron chi connectivity index (χ0n) is 16.6. The molecule has 2 fully saturated rings. The Hall–Kier alpha value is -1.00. The molecule has 2 aliphatic rings. The van der Waals surface area contributed by atoms with Gasteiger partial charge in [-0.15, -0.1) is 0 Å². The molecule has 0 aromatic carbocycles. The molecule has 2 atom stereocenters. The van der Waals surface area contributed by atoms with Crippen molar-refractivity contribution in [2.75, 3.05) is 39.9 Å². The van der Waals surface area contributed by atoms with Crippen LogP contribution in [-0.2, 0) is 26.5 Å². The number of likely N-dealkylation sites (N-methyl/N-ethyl adjacent to an activating group) is 1. The first kappa shape index (κ1) is 20.7. The Labute approximate surface area is 162 Å². The van der Waals surface area contributed by atoms with Crippen LogP contribution in [0.25, 0.3) is 0 Å². The summed E-state index contributed by atoms with van der Waals surface area (Å²) in [5.41, 5.74) is 0. The van der Waals surface area contributed by atoms with Gasteiger partial charge in [0.1, 0.15) is 0 Å². The topological polar surface area (TPSA) is 76.9 Å². The van der Waals surface area contributed by atoms with Gasteiger partial charge in [0.15, 0.2) is 11.3 Å². The number of imidazole rings is 1. The van der Waals surface area contributed by atoms with Crippen molar-refractivity contribution >= 4 is 10.0 Å². The molecule has 8 nitrogen and oxygen atoms in total. The first-order valence-corrected chi connectivity index (χ1v) is 11.3. The molecular weight excluding hydrogens is 368 g/mol. The van der Waals surface area contributed by atoms with Crippen LogP contribution in [0.5, 0.6) is 0 Å². The quantitative estimate of drug-likeness (QED) is 0.612. The van der Waals surface area contributed by atoms with Crippen LogP contribution in [0.4, 0.5) is 0 Å². The SMILES string of the molecule is CCCCCN(C)[C@H]1CN(S(=O)(=O)c2cn(C)cn2)C[C@@H]1C1OCCCO1. The Morgan fingerprint density at radius 2 is 2.00 bits per heavy atom. The predicted molar refractivity (Wildman–Crippen MR) is 102 cm³/mol. The van der Waals surface area contributed by atoms with E-state index in [0.29, 0.717) is 26.3 Å². The first-order chi connectivity index (χ1) is 12.9. The number of unbranched alkanes of at least 4 members (excludes halogenated alkanes) is 2. The van der Waals surface area contributed by atoms with Crippen molar-refractivity contribution in [1.29, 1.82) is 0 Å². The normalized spacial score (nSPS) is 25.5. The summed E-state index contributed by atoms with van der Waals surface area (Å²) < 4.78 is 41.0. The average molecular weight is 401 g/mol. The second-order valence-electron chi connectivity index (χ2n) is 7.58. The summed E-state index contributed by atoms with van der Waals surface area (Å²) in [6.07, 6.45) is 7.05. The van der Waals surface area contributed by atoms with Gasteiger partial charge >= 0.3 is 0 Å².